The van der Waals surface area contributed by atoms with Crippen molar-refractivity contribution in [2.75, 3.05) is 0 Å². The molecule has 0 aliphatic heterocycles. The van der Waals surface area contributed by atoms with Crippen LogP contribution in [0.5, 0.6) is 0 Å². The van der Waals surface area contributed by atoms with E-state index in [0.29, 0.717) is 10.00 Å². The zero-order valence-corrected chi connectivity index (χ0v) is 6.17. The fourth-order valence-corrected chi connectivity index (χ4v) is 1.49. The Bertz CT molecular complexity index is 78.1. The molecule has 0 heterocycles. The van der Waals surface area contributed by atoms with Crippen LogP contribution in [0.4, 0.5) is 0 Å². The van der Waals surface area contributed by atoms with Crippen LogP contribution >= 0.6 is 25.3 Å². The van der Waals surface area contributed by atoms with E-state index in [2.05, 4.69) is 32.2 Å². The normalized spacial score (nSPS) is 49.3. The van der Waals surface area contributed by atoms with E-state index in [9.17, 15) is 0 Å². The van der Waals surface area contributed by atoms with Gasteiger partial charge in [0.05, 0.1) is 0 Å². The molecule has 2 atom stereocenters. The van der Waals surface area contributed by atoms with Crippen LogP contribution in [0.25, 0.3) is 0 Å². The smallest absolute Gasteiger partial charge is 0.0254 e. The zero-order valence-electron chi connectivity index (χ0n) is 4.39. The van der Waals surface area contributed by atoms with Crippen molar-refractivity contribution < 1.29 is 0 Å². The van der Waals surface area contributed by atoms with E-state index >= 15 is 0 Å². The predicted octanol–water partition coefficient (Wildman–Crippen LogP) is 1.77. The molecule has 0 N–H and O–H groups in total. The zero-order chi connectivity index (χ0) is 5.49. The molecular formula is C5H10S2. The van der Waals surface area contributed by atoms with Gasteiger partial charge in [-0.3, -0.25) is 0 Å². The largest absolute Gasteiger partial charge is 0.174 e. The molecule has 0 bridgehead atoms. The first-order valence-electron chi connectivity index (χ1n) is 2.59. The van der Waals surface area contributed by atoms with Gasteiger partial charge in [-0.05, 0) is 12.8 Å². The first-order valence-corrected chi connectivity index (χ1v) is 3.56. The Hall–Kier alpha value is 0.700. The summed E-state index contributed by atoms with van der Waals surface area (Å²) in [6.07, 6.45) is 2.35. The fraction of sp³-hybridized carbons (Fsp3) is 1.00. The van der Waals surface area contributed by atoms with E-state index < -0.39 is 0 Å². The van der Waals surface area contributed by atoms with E-state index in [1.165, 1.54) is 6.42 Å². The lowest BCUT2D eigenvalue weighted by molar-refractivity contribution is 0.864. The van der Waals surface area contributed by atoms with Gasteiger partial charge in [-0.2, -0.15) is 25.3 Å². The van der Waals surface area contributed by atoms with Crippen molar-refractivity contribution in [2.24, 2.45) is 0 Å². The maximum Gasteiger partial charge on any atom is 0.0254 e. The molecule has 1 unspecified atom stereocenters. The van der Waals surface area contributed by atoms with E-state index in [0.717, 1.165) is 6.42 Å². The third-order valence-corrected chi connectivity index (χ3v) is 3.31. The van der Waals surface area contributed by atoms with Crippen LogP contribution in [-0.2, 0) is 0 Å². The van der Waals surface area contributed by atoms with Crippen LogP contribution in [0.1, 0.15) is 19.8 Å². The van der Waals surface area contributed by atoms with Crippen LogP contribution in [0.15, 0.2) is 0 Å². The summed E-state index contributed by atoms with van der Waals surface area (Å²) in [7, 11) is 0. The Morgan fingerprint density at radius 2 is 2.29 bits per heavy atom. The monoisotopic (exact) mass is 134 g/mol. The Morgan fingerprint density at radius 3 is 2.29 bits per heavy atom. The van der Waals surface area contributed by atoms with E-state index in [4.69, 9.17) is 0 Å². The Kier molecular flexibility index (Phi) is 1.32. The molecule has 0 radical (unpaired) electrons. The molecular weight excluding hydrogens is 124 g/mol. The average molecular weight is 134 g/mol. The second-order valence-corrected chi connectivity index (χ2v) is 3.69. The highest BCUT2D eigenvalue weighted by Crippen LogP contribution is 2.48. The first kappa shape index (κ1) is 5.83. The van der Waals surface area contributed by atoms with Gasteiger partial charge in [0.1, 0.15) is 0 Å². The second-order valence-electron chi connectivity index (χ2n) is 2.18. The van der Waals surface area contributed by atoms with Gasteiger partial charge < -0.3 is 0 Å². The quantitative estimate of drug-likeness (QED) is 0.502. The molecule has 0 aromatic heterocycles. The Morgan fingerprint density at radius 1 is 1.86 bits per heavy atom. The van der Waals surface area contributed by atoms with Crippen molar-refractivity contribution in [3.05, 3.63) is 0 Å². The standard InChI is InChI=1S/C5H10S2/c1-2-5(7)3-4(5)6/h4,6-7H,2-3H2,1H3/t4-,5?/m1/s1. The molecule has 1 fully saturated rings. The Labute approximate surface area is 55.5 Å². The molecule has 1 rings (SSSR count). The minimum atomic E-state index is 0.309. The summed E-state index contributed by atoms with van der Waals surface area (Å²) in [5, 5.41) is 0.570. The summed E-state index contributed by atoms with van der Waals surface area (Å²) in [6.45, 7) is 2.16. The van der Waals surface area contributed by atoms with E-state index in [1.54, 1.807) is 0 Å². The minimum Gasteiger partial charge on any atom is -0.174 e. The highest BCUT2D eigenvalue weighted by Gasteiger charge is 2.46. The summed E-state index contributed by atoms with van der Waals surface area (Å²) in [5.41, 5.74) is 0. The second kappa shape index (κ2) is 1.59. The fourth-order valence-electron chi connectivity index (χ4n) is 0.656. The SMILES string of the molecule is CCC1(S)C[C@H]1S. The third kappa shape index (κ3) is 0.918. The van der Waals surface area contributed by atoms with Gasteiger partial charge in [0.15, 0.2) is 0 Å². The van der Waals surface area contributed by atoms with Gasteiger partial charge >= 0.3 is 0 Å². The molecule has 0 nitrogen and oxygen atoms in total. The van der Waals surface area contributed by atoms with Crippen LogP contribution in [0.3, 0.4) is 0 Å². The van der Waals surface area contributed by atoms with Crippen LogP contribution in [0.2, 0.25) is 0 Å². The highest BCUT2D eigenvalue weighted by atomic mass is 32.1. The van der Waals surface area contributed by atoms with Crippen molar-refractivity contribution in [1.82, 2.24) is 0 Å². The summed E-state index contributed by atoms with van der Waals surface area (Å²) in [5.74, 6) is 0. The van der Waals surface area contributed by atoms with Gasteiger partial charge in [-0.15, -0.1) is 0 Å². The summed E-state index contributed by atoms with van der Waals surface area (Å²) < 4.78 is 0.309. The molecule has 0 amide bonds. The molecule has 2 heteroatoms. The average Bonchev–Trinajstić information content (AvgIpc) is 2.18. The number of thiol groups is 2. The topological polar surface area (TPSA) is 0 Å². The number of hydrogen-bond donors (Lipinski definition) is 2. The van der Waals surface area contributed by atoms with Crippen molar-refractivity contribution in [1.29, 1.82) is 0 Å². The van der Waals surface area contributed by atoms with Crippen LogP contribution in [-0.4, -0.2) is 10.00 Å². The van der Waals surface area contributed by atoms with Gasteiger partial charge in [-0.1, -0.05) is 6.92 Å². The highest BCUT2D eigenvalue weighted by molar-refractivity contribution is 7.87. The lowest BCUT2D eigenvalue weighted by atomic mass is 10.3. The lowest BCUT2D eigenvalue weighted by Crippen LogP contribution is -1.97. The molecule has 7 heavy (non-hydrogen) atoms. The molecule has 1 aliphatic carbocycles. The van der Waals surface area contributed by atoms with Crippen LogP contribution in [0, 0.1) is 0 Å². The minimum absolute atomic E-state index is 0.309. The van der Waals surface area contributed by atoms with Gasteiger partial charge in [-0.25, -0.2) is 0 Å². The maximum atomic E-state index is 4.38. The molecule has 42 valence electrons. The van der Waals surface area contributed by atoms with Crippen LogP contribution < -0.4 is 0 Å². The van der Waals surface area contributed by atoms with E-state index in [1.807, 2.05) is 0 Å². The summed E-state index contributed by atoms with van der Waals surface area (Å²) in [6, 6.07) is 0. The summed E-state index contributed by atoms with van der Waals surface area (Å²) >= 11 is 8.65. The summed E-state index contributed by atoms with van der Waals surface area (Å²) in [4.78, 5) is 0. The molecule has 0 saturated heterocycles. The molecule has 0 spiro atoms. The lowest BCUT2D eigenvalue weighted by Gasteiger charge is -1.99. The molecule has 0 aromatic carbocycles. The molecule has 0 aromatic rings. The van der Waals surface area contributed by atoms with Gasteiger partial charge in [0, 0.05) is 10.00 Å². The number of hydrogen-bond acceptors (Lipinski definition) is 2. The van der Waals surface area contributed by atoms with Crippen molar-refractivity contribution in [2.45, 2.75) is 29.8 Å². The maximum absolute atomic E-state index is 4.38. The van der Waals surface area contributed by atoms with Crippen molar-refractivity contribution in [3.63, 3.8) is 0 Å². The van der Waals surface area contributed by atoms with Crippen molar-refractivity contribution in [3.8, 4) is 0 Å². The molecule has 1 saturated carbocycles. The predicted molar refractivity (Wildman–Crippen MR) is 39.4 cm³/mol. The van der Waals surface area contributed by atoms with Gasteiger partial charge in [0.25, 0.3) is 0 Å². The third-order valence-electron chi connectivity index (χ3n) is 1.62. The van der Waals surface area contributed by atoms with Gasteiger partial charge in [0.2, 0.25) is 0 Å². The van der Waals surface area contributed by atoms with Crippen molar-refractivity contribution >= 4 is 25.3 Å². The molecule has 1 aliphatic rings. The number of rotatable bonds is 1. The van der Waals surface area contributed by atoms with E-state index in [-0.39, 0.29) is 0 Å². The Balaban J connectivity index is 2.36. The first-order chi connectivity index (χ1) is 3.19.